The summed E-state index contributed by atoms with van der Waals surface area (Å²) in [7, 11) is 0. The molecule has 2 heterocycles. The molecule has 3 rings (SSSR count). The number of nitrogens with zero attached hydrogens (tertiary/aromatic N) is 4. The van der Waals surface area contributed by atoms with Crippen LogP contribution in [0.15, 0.2) is 18.2 Å². The van der Waals surface area contributed by atoms with Crippen LogP contribution in [0.5, 0.6) is 0 Å². The van der Waals surface area contributed by atoms with Crippen LogP contribution in [0, 0.1) is 13.8 Å². The third-order valence-corrected chi connectivity index (χ3v) is 4.61. The average molecular weight is 341 g/mol. The van der Waals surface area contributed by atoms with Crippen molar-refractivity contribution in [1.82, 2.24) is 25.0 Å². The van der Waals surface area contributed by atoms with Crippen LogP contribution >= 0.6 is 0 Å². The Morgan fingerprint density at radius 2 is 2.00 bits per heavy atom. The van der Waals surface area contributed by atoms with Crippen LogP contribution < -0.4 is 5.32 Å². The minimum Gasteiger partial charge on any atom is -0.349 e. The summed E-state index contributed by atoms with van der Waals surface area (Å²) >= 11 is 0. The zero-order valence-corrected chi connectivity index (χ0v) is 14.9. The molecular weight excluding hydrogens is 318 g/mol. The van der Waals surface area contributed by atoms with E-state index >= 15 is 0 Å². The number of nitrogens with one attached hydrogen (secondary N) is 1. The minimum atomic E-state index is -0.213. The molecule has 0 saturated heterocycles. The number of aromatic nitrogens is 3. The fourth-order valence-electron chi connectivity index (χ4n) is 2.97. The van der Waals surface area contributed by atoms with Gasteiger partial charge in [-0.15, -0.1) is 10.2 Å². The summed E-state index contributed by atoms with van der Waals surface area (Å²) in [6.07, 6.45) is 0.866. The third kappa shape index (κ3) is 3.26. The normalized spacial score (nSPS) is 13.5. The van der Waals surface area contributed by atoms with Crippen molar-refractivity contribution in [2.24, 2.45) is 0 Å². The fourth-order valence-corrected chi connectivity index (χ4v) is 2.97. The van der Waals surface area contributed by atoms with Crippen molar-refractivity contribution in [1.29, 1.82) is 0 Å². The molecule has 1 aromatic heterocycles. The van der Waals surface area contributed by atoms with Crippen molar-refractivity contribution in [3.05, 3.63) is 46.5 Å². The zero-order chi connectivity index (χ0) is 18.0. The van der Waals surface area contributed by atoms with E-state index in [9.17, 15) is 9.59 Å². The highest BCUT2D eigenvalue weighted by Crippen LogP contribution is 2.19. The Labute approximate surface area is 147 Å². The van der Waals surface area contributed by atoms with E-state index in [0.29, 0.717) is 43.4 Å². The highest BCUT2D eigenvalue weighted by molar-refractivity contribution is 5.96. The number of amides is 2. The van der Waals surface area contributed by atoms with Crippen molar-refractivity contribution in [2.75, 3.05) is 13.1 Å². The number of rotatable bonds is 4. The van der Waals surface area contributed by atoms with Gasteiger partial charge in [-0.1, -0.05) is 19.1 Å². The largest absolute Gasteiger partial charge is 0.349 e. The molecule has 7 heteroatoms. The number of carbonyl (C=O) groups is 2. The summed E-state index contributed by atoms with van der Waals surface area (Å²) in [6.45, 7) is 7.99. The second-order valence-electron chi connectivity index (χ2n) is 6.32. The minimum absolute atomic E-state index is 0.00701. The molecule has 1 aliphatic heterocycles. The number of carbonyl (C=O) groups excluding carboxylic acids is 2. The Bertz CT molecular complexity index is 812. The molecule has 0 unspecified atom stereocenters. The molecule has 0 fully saturated rings. The van der Waals surface area contributed by atoms with E-state index in [0.717, 1.165) is 17.5 Å². The lowest BCUT2D eigenvalue weighted by Gasteiger charge is -2.28. The number of hydrogen-bond acceptors (Lipinski definition) is 4. The van der Waals surface area contributed by atoms with Crippen LogP contribution in [0.25, 0.3) is 0 Å². The Balaban J connectivity index is 1.78. The van der Waals surface area contributed by atoms with E-state index in [1.807, 2.05) is 39.0 Å². The number of benzene rings is 1. The molecule has 0 radical (unpaired) electrons. The van der Waals surface area contributed by atoms with E-state index in [2.05, 4.69) is 15.5 Å². The van der Waals surface area contributed by atoms with Crippen molar-refractivity contribution >= 4 is 11.8 Å². The molecule has 7 nitrogen and oxygen atoms in total. The predicted octanol–water partition coefficient (Wildman–Crippen LogP) is 1.69. The molecule has 0 bridgehead atoms. The highest BCUT2D eigenvalue weighted by atomic mass is 16.2. The summed E-state index contributed by atoms with van der Waals surface area (Å²) in [5, 5.41) is 10.9. The van der Waals surface area contributed by atoms with Gasteiger partial charge in [-0.3, -0.25) is 9.59 Å². The average Bonchev–Trinajstić information content (AvgIpc) is 3.04. The first-order valence-corrected chi connectivity index (χ1v) is 8.58. The maximum Gasteiger partial charge on any atom is 0.289 e. The van der Waals surface area contributed by atoms with Gasteiger partial charge in [-0.25, -0.2) is 0 Å². The van der Waals surface area contributed by atoms with Gasteiger partial charge in [-0.2, -0.15) is 0 Å². The van der Waals surface area contributed by atoms with Gasteiger partial charge in [0.25, 0.3) is 11.8 Å². The van der Waals surface area contributed by atoms with E-state index < -0.39 is 0 Å². The lowest BCUT2D eigenvalue weighted by atomic mass is 10.0. The molecular formula is C18H23N5O2. The van der Waals surface area contributed by atoms with Gasteiger partial charge in [0.1, 0.15) is 0 Å². The summed E-state index contributed by atoms with van der Waals surface area (Å²) < 4.78 is 1.80. The van der Waals surface area contributed by atoms with E-state index in [1.54, 1.807) is 9.47 Å². The molecule has 0 atom stereocenters. The first-order chi connectivity index (χ1) is 12.0. The molecule has 1 aromatic carbocycles. The van der Waals surface area contributed by atoms with Crippen molar-refractivity contribution in [3.63, 3.8) is 0 Å². The summed E-state index contributed by atoms with van der Waals surface area (Å²) in [6, 6.07) is 5.76. The van der Waals surface area contributed by atoms with Crippen LogP contribution in [0.3, 0.4) is 0 Å². The van der Waals surface area contributed by atoms with Gasteiger partial charge < -0.3 is 14.8 Å². The standard InChI is InChI=1S/C18H23N5O2/c1-4-8-19-17(24)16-21-20-15-11-22(9-10-23(15)16)18(25)14-7-5-6-12(2)13(14)3/h5-7H,4,8-11H2,1-3H3,(H,19,24). The van der Waals surface area contributed by atoms with Crippen LogP contribution in [0.1, 0.15) is 51.3 Å². The maximum atomic E-state index is 12.9. The van der Waals surface area contributed by atoms with Gasteiger partial charge in [0, 0.05) is 25.2 Å². The first kappa shape index (κ1) is 17.1. The van der Waals surface area contributed by atoms with Gasteiger partial charge >= 0.3 is 0 Å². The molecule has 0 saturated carbocycles. The van der Waals surface area contributed by atoms with E-state index in [1.165, 1.54) is 0 Å². The van der Waals surface area contributed by atoms with Crippen molar-refractivity contribution in [2.45, 2.75) is 40.3 Å². The molecule has 0 spiro atoms. The highest BCUT2D eigenvalue weighted by Gasteiger charge is 2.28. The van der Waals surface area contributed by atoms with Crippen molar-refractivity contribution in [3.8, 4) is 0 Å². The van der Waals surface area contributed by atoms with Crippen LogP contribution in [0.2, 0.25) is 0 Å². The van der Waals surface area contributed by atoms with Gasteiger partial charge in [0.2, 0.25) is 5.82 Å². The molecule has 2 aromatic rings. The molecule has 25 heavy (non-hydrogen) atoms. The second-order valence-corrected chi connectivity index (χ2v) is 6.32. The number of hydrogen-bond donors (Lipinski definition) is 1. The maximum absolute atomic E-state index is 12.9. The van der Waals surface area contributed by atoms with E-state index in [4.69, 9.17) is 0 Å². The SMILES string of the molecule is CCCNC(=O)c1nnc2n1CCN(C(=O)c1cccc(C)c1C)C2. The predicted molar refractivity (Wildman–Crippen MR) is 93.3 cm³/mol. The monoisotopic (exact) mass is 341 g/mol. The number of fused-ring (bicyclic) bond motifs is 1. The molecule has 1 N–H and O–H groups in total. The molecule has 2 amide bonds. The molecule has 132 valence electrons. The smallest absolute Gasteiger partial charge is 0.289 e. The van der Waals surface area contributed by atoms with Crippen LogP contribution in [0.4, 0.5) is 0 Å². The van der Waals surface area contributed by atoms with Crippen LogP contribution in [-0.4, -0.2) is 44.6 Å². The third-order valence-electron chi connectivity index (χ3n) is 4.61. The van der Waals surface area contributed by atoms with Gasteiger partial charge in [0.05, 0.1) is 6.54 Å². The Morgan fingerprint density at radius 1 is 1.20 bits per heavy atom. The number of aryl methyl sites for hydroxylation is 1. The summed E-state index contributed by atoms with van der Waals surface area (Å²) in [4.78, 5) is 26.8. The first-order valence-electron chi connectivity index (χ1n) is 8.58. The lowest BCUT2D eigenvalue weighted by Crippen LogP contribution is -2.40. The Hall–Kier alpha value is -2.70. The van der Waals surface area contributed by atoms with E-state index in [-0.39, 0.29) is 11.8 Å². The lowest BCUT2D eigenvalue weighted by molar-refractivity contribution is 0.0705. The fraction of sp³-hybridized carbons (Fsp3) is 0.444. The molecule has 1 aliphatic rings. The van der Waals surface area contributed by atoms with Crippen molar-refractivity contribution < 1.29 is 9.59 Å². The topological polar surface area (TPSA) is 80.1 Å². The second kappa shape index (κ2) is 7.04. The zero-order valence-electron chi connectivity index (χ0n) is 14.9. The Morgan fingerprint density at radius 3 is 2.76 bits per heavy atom. The van der Waals surface area contributed by atoms with Gasteiger partial charge in [0.15, 0.2) is 5.82 Å². The van der Waals surface area contributed by atoms with Gasteiger partial charge in [-0.05, 0) is 37.5 Å². The summed E-state index contributed by atoms with van der Waals surface area (Å²) in [5.74, 6) is 0.746. The van der Waals surface area contributed by atoms with Crippen LogP contribution in [-0.2, 0) is 13.1 Å². The molecule has 0 aliphatic carbocycles. The Kier molecular flexibility index (Phi) is 4.83. The quantitative estimate of drug-likeness (QED) is 0.918. The summed E-state index contributed by atoms with van der Waals surface area (Å²) in [5.41, 5.74) is 2.81.